The second kappa shape index (κ2) is 8.52. The van der Waals surface area contributed by atoms with Crippen LogP contribution in [-0.2, 0) is 5.41 Å². The third-order valence-corrected chi connectivity index (χ3v) is 6.24. The number of para-hydroxylation sites is 1. The van der Waals surface area contributed by atoms with Crippen LogP contribution in [0.25, 0.3) is 0 Å². The predicted octanol–water partition coefficient (Wildman–Crippen LogP) is 6.16. The first kappa shape index (κ1) is 20.9. The van der Waals surface area contributed by atoms with Gasteiger partial charge in [0, 0.05) is 11.8 Å². The third kappa shape index (κ3) is 3.56. The maximum absolute atomic E-state index is 11.0. The molecule has 0 fully saturated rings. The molecule has 33 heavy (non-hydrogen) atoms. The minimum Gasteiger partial charge on any atom is -0.508 e. The zero-order valence-electron chi connectivity index (χ0n) is 17.5. The molecule has 1 aliphatic heterocycles. The number of halogens is 1. The summed E-state index contributed by atoms with van der Waals surface area (Å²) >= 11 is 5.51. The molecule has 5 rings (SSSR count). The summed E-state index contributed by atoms with van der Waals surface area (Å²) in [5, 5.41) is 27.7. The normalized spacial score (nSPS) is 19.5. The van der Waals surface area contributed by atoms with Crippen LogP contribution in [0.4, 0.5) is 5.69 Å². The summed E-state index contributed by atoms with van der Waals surface area (Å²) in [6.45, 7) is 0. The maximum Gasteiger partial charge on any atom is 0.146 e. The molecule has 0 amide bonds. The Morgan fingerprint density at radius 2 is 1.45 bits per heavy atom. The van der Waals surface area contributed by atoms with Gasteiger partial charge in [-0.3, -0.25) is 5.01 Å². The topological polar surface area (TPSA) is 65.3 Å². The van der Waals surface area contributed by atoms with Gasteiger partial charge in [0.1, 0.15) is 29.1 Å². The van der Waals surface area contributed by atoms with Crippen LogP contribution < -0.4 is 9.30 Å². The van der Waals surface area contributed by atoms with E-state index >= 15 is 0 Å². The first-order chi connectivity index (χ1) is 16.1. The van der Waals surface area contributed by atoms with E-state index < -0.39 is 5.41 Å². The van der Waals surface area contributed by atoms with Gasteiger partial charge in [-0.25, -0.2) is 0 Å². The van der Waals surface area contributed by atoms with Crippen molar-refractivity contribution in [3.05, 3.63) is 120 Å². The Hall–Kier alpha value is -3.96. The van der Waals surface area contributed by atoms with E-state index in [9.17, 15) is 10.2 Å². The minimum atomic E-state index is -0.800. The van der Waals surface area contributed by atoms with Crippen molar-refractivity contribution in [2.45, 2.75) is 11.5 Å². The molecule has 5 nitrogen and oxygen atoms in total. The number of aromatic hydroxyl groups is 2. The lowest BCUT2D eigenvalue weighted by atomic mass is 9.68. The van der Waals surface area contributed by atoms with Crippen LogP contribution >= 0.6 is 11.9 Å². The van der Waals surface area contributed by atoms with Gasteiger partial charge in [0.25, 0.3) is 0 Å². The SMILES string of the molecule is Oc1ccc(C2N(c3ccc(OCl)cc3)N=CC2(c2ccccc2)c2ccccc2O)cc1. The number of rotatable bonds is 5. The van der Waals surface area contributed by atoms with Crippen LogP contribution in [0.3, 0.4) is 0 Å². The van der Waals surface area contributed by atoms with Crippen molar-refractivity contribution >= 4 is 23.8 Å². The largest absolute Gasteiger partial charge is 0.508 e. The molecular weight excluding hydrogens is 436 g/mol. The molecule has 164 valence electrons. The zero-order chi connectivity index (χ0) is 22.8. The van der Waals surface area contributed by atoms with E-state index in [2.05, 4.69) is 0 Å². The molecule has 4 aromatic carbocycles. The molecule has 0 saturated carbocycles. The number of hydrogen-bond donors (Lipinski definition) is 2. The lowest BCUT2D eigenvalue weighted by molar-refractivity contribution is 0.446. The monoisotopic (exact) mass is 456 g/mol. The fourth-order valence-electron chi connectivity index (χ4n) is 4.55. The molecule has 1 aliphatic rings. The summed E-state index contributed by atoms with van der Waals surface area (Å²) in [7, 11) is 0. The molecule has 0 aromatic heterocycles. The molecule has 2 atom stereocenters. The number of nitrogens with zero attached hydrogens (tertiary/aromatic N) is 2. The van der Waals surface area contributed by atoms with Crippen LogP contribution in [0.15, 0.2) is 108 Å². The second-order valence-electron chi connectivity index (χ2n) is 7.91. The fourth-order valence-corrected chi connectivity index (χ4v) is 4.66. The first-order valence-corrected chi connectivity index (χ1v) is 10.8. The number of benzene rings is 4. The van der Waals surface area contributed by atoms with Gasteiger partial charge < -0.3 is 14.5 Å². The highest BCUT2D eigenvalue weighted by atomic mass is 35.5. The Kier molecular flexibility index (Phi) is 5.40. The van der Waals surface area contributed by atoms with Gasteiger partial charge in [0.2, 0.25) is 0 Å². The first-order valence-electron chi connectivity index (χ1n) is 10.5. The minimum absolute atomic E-state index is 0.181. The molecule has 6 heteroatoms. The molecule has 0 saturated heterocycles. The smallest absolute Gasteiger partial charge is 0.146 e. The number of anilines is 1. The van der Waals surface area contributed by atoms with Crippen molar-refractivity contribution in [1.82, 2.24) is 0 Å². The van der Waals surface area contributed by atoms with E-state index in [1.54, 1.807) is 30.3 Å². The summed E-state index contributed by atoms with van der Waals surface area (Å²) in [5.41, 5.74) is 2.67. The molecule has 4 aromatic rings. The van der Waals surface area contributed by atoms with E-state index in [0.717, 1.165) is 22.4 Å². The highest BCUT2D eigenvalue weighted by Gasteiger charge is 2.50. The van der Waals surface area contributed by atoms with Crippen LogP contribution in [0.2, 0.25) is 0 Å². The fraction of sp³-hybridized carbons (Fsp3) is 0.0741. The number of phenols is 2. The van der Waals surface area contributed by atoms with E-state index in [0.29, 0.717) is 5.75 Å². The maximum atomic E-state index is 11.0. The van der Waals surface area contributed by atoms with Gasteiger partial charge >= 0.3 is 0 Å². The average Bonchev–Trinajstić information content (AvgIpc) is 3.26. The highest BCUT2D eigenvalue weighted by Crippen LogP contribution is 2.52. The summed E-state index contributed by atoms with van der Waals surface area (Å²) in [6.07, 6.45) is 1.89. The van der Waals surface area contributed by atoms with E-state index in [4.69, 9.17) is 21.3 Å². The van der Waals surface area contributed by atoms with Gasteiger partial charge in [0.15, 0.2) is 0 Å². The predicted molar refractivity (Wildman–Crippen MR) is 130 cm³/mol. The van der Waals surface area contributed by atoms with Crippen molar-refractivity contribution in [2.24, 2.45) is 5.10 Å². The lowest BCUT2D eigenvalue weighted by Crippen LogP contribution is -2.39. The number of hydrazone groups is 1. The van der Waals surface area contributed by atoms with E-state index in [1.807, 2.05) is 84.0 Å². The third-order valence-electron chi connectivity index (χ3n) is 6.06. The molecular formula is C27H21ClN2O3. The molecule has 1 heterocycles. The van der Waals surface area contributed by atoms with Gasteiger partial charge in [0.05, 0.1) is 17.1 Å². The van der Waals surface area contributed by atoms with Gasteiger partial charge in [-0.1, -0.05) is 60.7 Å². The van der Waals surface area contributed by atoms with Crippen LogP contribution in [-0.4, -0.2) is 16.4 Å². The summed E-state index contributed by atoms with van der Waals surface area (Å²) in [6, 6.07) is 31.4. The summed E-state index contributed by atoms with van der Waals surface area (Å²) in [4.78, 5) is 0. The molecule has 2 unspecified atom stereocenters. The van der Waals surface area contributed by atoms with Gasteiger partial charge in [-0.15, -0.1) is 0 Å². The van der Waals surface area contributed by atoms with E-state index in [-0.39, 0.29) is 17.5 Å². The Morgan fingerprint density at radius 3 is 2.12 bits per heavy atom. The van der Waals surface area contributed by atoms with Gasteiger partial charge in [-0.05, 0) is 53.6 Å². The van der Waals surface area contributed by atoms with Crippen molar-refractivity contribution < 1.29 is 14.5 Å². The van der Waals surface area contributed by atoms with Crippen molar-refractivity contribution in [1.29, 1.82) is 0 Å². The Labute approximate surface area is 196 Å². The van der Waals surface area contributed by atoms with Crippen molar-refractivity contribution in [3.63, 3.8) is 0 Å². The molecule has 2 N–H and O–H groups in total. The highest BCUT2D eigenvalue weighted by molar-refractivity contribution is 6.09. The number of phenolic OH excluding ortho intramolecular Hbond substituents is 2. The van der Waals surface area contributed by atoms with Gasteiger partial charge in [-0.2, -0.15) is 5.10 Å². The lowest BCUT2D eigenvalue weighted by Gasteiger charge is -2.38. The molecule has 0 aliphatic carbocycles. The van der Waals surface area contributed by atoms with E-state index in [1.165, 1.54) is 0 Å². The Bertz CT molecular complexity index is 1280. The van der Waals surface area contributed by atoms with Crippen LogP contribution in [0.1, 0.15) is 22.7 Å². The molecule has 0 spiro atoms. The summed E-state index contributed by atoms with van der Waals surface area (Å²) in [5.74, 6) is 0.893. The Morgan fingerprint density at radius 1 is 0.788 bits per heavy atom. The Balaban J connectivity index is 1.77. The van der Waals surface area contributed by atoms with Crippen LogP contribution in [0, 0.1) is 0 Å². The van der Waals surface area contributed by atoms with Crippen LogP contribution in [0.5, 0.6) is 17.2 Å². The van der Waals surface area contributed by atoms with Crippen molar-refractivity contribution in [3.8, 4) is 17.2 Å². The quantitative estimate of drug-likeness (QED) is 0.377. The van der Waals surface area contributed by atoms with Crippen molar-refractivity contribution in [2.75, 3.05) is 5.01 Å². The zero-order valence-corrected chi connectivity index (χ0v) is 18.3. The summed E-state index contributed by atoms with van der Waals surface area (Å²) < 4.78 is 4.81. The average molecular weight is 457 g/mol. The molecule has 0 radical (unpaired) electrons. The second-order valence-corrected chi connectivity index (χ2v) is 8.06. The number of hydrogen-bond acceptors (Lipinski definition) is 5. The molecule has 0 bridgehead atoms. The standard InChI is InChI=1S/C27H21ClN2O3/c28-33-23-16-12-21(13-17-23)30-26(19-10-14-22(31)15-11-19)27(18-29-30,20-6-2-1-3-7-20)24-8-4-5-9-25(24)32/h1-18,26,31-32H.